The minimum absolute atomic E-state index is 0. The van der Waals surface area contributed by atoms with E-state index in [1.807, 2.05) is 101 Å². The van der Waals surface area contributed by atoms with Crippen molar-refractivity contribution in [3.05, 3.63) is 134 Å². The normalized spacial score (nSPS) is 20.4. The quantitative estimate of drug-likeness (QED) is 0.0368. The van der Waals surface area contributed by atoms with Gasteiger partial charge in [0, 0.05) is 130 Å². The number of imidazole rings is 3. The summed E-state index contributed by atoms with van der Waals surface area (Å²) in [7, 11) is 0. The molecule has 33 nitrogen and oxygen atoms in total. The molecule has 0 saturated heterocycles. The number of aromatic amines is 1. The molecule has 8 aliphatic carbocycles. The van der Waals surface area contributed by atoms with Crippen molar-refractivity contribution in [2.24, 2.45) is 11.5 Å². The van der Waals surface area contributed by atoms with Crippen molar-refractivity contribution in [2.45, 2.75) is 261 Å². The Kier molecular flexibility index (Phi) is 31.2. The van der Waals surface area contributed by atoms with Gasteiger partial charge in [0.05, 0.1) is 17.1 Å². The van der Waals surface area contributed by atoms with Crippen LogP contribution < -0.4 is 56.0 Å². The first-order valence-electron chi connectivity index (χ1n) is 38.6. The molecule has 0 radical (unpaired) electrons. The van der Waals surface area contributed by atoms with Crippen molar-refractivity contribution in [1.82, 2.24) is 98.3 Å². The molecule has 2 amide bonds. The maximum absolute atomic E-state index is 13.0. The number of amides is 2. The van der Waals surface area contributed by atoms with E-state index in [4.69, 9.17) is 57.0 Å². The largest absolute Gasteiger partial charge is 0.444 e. The Morgan fingerprint density at radius 1 is 0.491 bits per heavy atom. The van der Waals surface area contributed by atoms with E-state index >= 15 is 0 Å². The fourth-order valence-electron chi connectivity index (χ4n) is 12.7. The van der Waals surface area contributed by atoms with Gasteiger partial charge in [0.2, 0.25) is 0 Å². The minimum atomic E-state index is -0.502. The Bertz CT molecular complexity index is 4860. The monoisotopic (exact) mass is 1720 g/mol. The van der Waals surface area contributed by atoms with Crippen molar-refractivity contribution < 1.29 is 25.5 Å². The van der Waals surface area contributed by atoms with Gasteiger partial charge in [0.1, 0.15) is 16.4 Å². The van der Waals surface area contributed by atoms with E-state index in [1.165, 1.54) is 38.1 Å². The Hall–Kier alpha value is -8.81. The second-order valence-corrected chi connectivity index (χ2v) is 31.2. The number of ether oxygens (including phenoxy) is 2. The average molecular weight is 1720 g/mol. The van der Waals surface area contributed by atoms with Gasteiger partial charge in [-0.25, -0.2) is 78.8 Å². The van der Waals surface area contributed by atoms with E-state index in [1.54, 1.807) is 66.4 Å². The summed E-state index contributed by atoms with van der Waals surface area (Å²) in [5.41, 5.74) is 26.8. The van der Waals surface area contributed by atoms with Gasteiger partial charge in [-0.05, 0) is 212 Å². The number of halogens is 4. The molecule has 37 heteroatoms. The zero-order valence-corrected chi connectivity index (χ0v) is 68.5. The van der Waals surface area contributed by atoms with E-state index in [2.05, 4.69) is 80.7 Å². The van der Waals surface area contributed by atoms with Gasteiger partial charge in [-0.15, -0.1) is 12.4 Å². The number of nitrogens with one attached hydrogen (secondary N) is 4. The zero-order chi connectivity index (χ0) is 80.2. The number of aliphatic hydroxyl groups is 1. The number of nitrogens with zero attached hydrogens (tertiary/aromatic N) is 17. The van der Waals surface area contributed by atoms with E-state index in [9.17, 15) is 29.1 Å². The number of H-pyrrole nitrogens is 1. The van der Waals surface area contributed by atoms with Crippen molar-refractivity contribution in [3.8, 4) is 0 Å². The van der Waals surface area contributed by atoms with Gasteiger partial charge in [-0.2, -0.15) is 0 Å². The number of alkyl carbamates (subject to hydrolysis) is 2. The average Bonchev–Trinajstić information content (AvgIpc) is 1.59. The predicted molar refractivity (Wildman–Crippen MR) is 444 cm³/mol. The SMILES string of the molecule is CC(C)(C)OC(=O)NC1CCC(O)CC1.CC(C)(C)OC(=O)NC1CCC(n2c(=O)n(C3CC3)c3nccnc32)CC1.Cl.Clc1ccc2ncccc2n1.NC1CC1.NC1CCC(n2c(=O)n(C3CC3)c3nccnc32)CC1.Nc1nccnc1Cl.Nc1nccnc1NC1CC1.O=c1[nH]c2nccnc2n1C1CC1.[2H]CI. The first kappa shape index (κ1) is 85.6. The van der Waals surface area contributed by atoms with E-state index < -0.39 is 11.2 Å². The number of fused-ring (bicyclic) bond motifs is 4. The van der Waals surface area contributed by atoms with Crippen LogP contribution in [0.4, 0.5) is 27.0 Å². The van der Waals surface area contributed by atoms with Gasteiger partial charge in [-0.1, -0.05) is 45.8 Å². The standard InChI is InChI=1S/C19H27N5O3.C14H19N5O.C11H21NO3.C8H5ClN2.C8H8N4O.C7H10N4.C4H4ClN3.C3H7N.CH3I.ClH/c1-19(2,3)27-17(25)22-12-4-6-13(7-5-12)23-15-16(21-11-10-20-15)24(18(23)26)14-8-9-14;15-9-1-3-10(4-2-9)18-12-13(17-8-7-16-12)19(14(18)20)11-5-6-11;1-11(2,3)15-10(14)12-8-4-6-9(13)7-5-8;9-8-4-3-6-7(11-8)2-1-5-10-6;13-8-11-6-7(10-4-3-9-6)12(8)5-1-2-5;8-6-7(10-4-3-9-6)11-5-1-2-5;5-3-4(6)8-2-1-7-3;4-3-1-2-3;1-2;/h10-14H,4-9H2,1-3H3,(H,22,25);7-11H,1-6,15H2;8-9,13H,4-7H2,1-3H3,(H,12,14);1-5H;3-5H,1-2H2,(H,9,11,13);3-5H,1-2H2,(H2,8,9)(H,10,11);1-2H,(H2,6,8);3H,1-2,4H2;1H3;1H/i;;;;;;;;1D;. The first-order chi connectivity index (χ1) is 53.6. The van der Waals surface area contributed by atoms with Crippen LogP contribution in [0.15, 0.2) is 107 Å². The highest BCUT2D eigenvalue weighted by atomic mass is 127. The highest BCUT2D eigenvalue weighted by Crippen LogP contribution is 2.39. The number of nitrogens with two attached hydrogens (primary N) is 4. The van der Waals surface area contributed by atoms with Crippen LogP contribution in [0.2, 0.25) is 10.3 Å². The number of hydrogen-bond donors (Lipinski definition) is 9. The molecule has 8 aliphatic rings. The van der Waals surface area contributed by atoms with Crippen LogP contribution in [-0.2, 0) is 9.47 Å². The number of rotatable bonds is 9. The van der Waals surface area contributed by atoms with Gasteiger partial charge >= 0.3 is 29.3 Å². The Labute approximate surface area is 680 Å². The van der Waals surface area contributed by atoms with Crippen molar-refractivity contribution >= 4 is 133 Å². The van der Waals surface area contributed by atoms with Gasteiger partial charge in [0.15, 0.2) is 56.5 Å². The Morgan fingerprint density at radius 2 is 0.866 bits per heavy atom. The second-order valence-electron chi connectivity index (χ2n) is 30.5. The number of pyridine rings is 2. The molecular weight excluding hydrogens is 1610 g/mol. The molecule has 0 aromatic carbocycles. The maximum atomic E-state index is 13.0. The molecule has 18 rings (SSSR count). The van der Waals surface area contributed by atoms with Gasteiger partial charge in [-0.3, -0.25) is 32.8 Å². The lowest BCUT2D eigenvalue weighted by Gasteiger charge is -2.30. The second kappa shape index (κ2) is 40.8. The van der Waals surface area contributed by atoms with Crippen LogP contribution in [-0.4, -0.2) is 157 Å². The lowest BCUT2D eigenvalue weighted by Crippen LogP contribution is -2.41. The summed E-state index contributed by atoms with van der Waals surface area (Å²) in [6.45, 7) is 11.1. The molecule has 0 aliphatic heterocycles. The smallest absolute Gasteiger partial charge is 0.407 e. The molecule has 112 heavy (non-hydrogen) atoms. The molecule has 0 unspecified atom stereocenters. The van der Waals surface area contributed by atoms with Gasteiger partial charge < -0.3 is 53.5 Å². The van der Waals surface area contributed by atoms with Crippen LogP contribution in [0.5, 0.6) is 0 Å². The minimum Gasteiger partial charge on any atom is -0.444 e. The van der Waals surface area contributed by atoms with Crippen molar-refractivity contribution in [3.63, 3.8) is 0 Å². The third-order valence-electron chi connectivity index (χ3n) is 18.8. The molecule has 10 aromatic rings. The highest BCUT2D eigenvalue weighted by molar-refractivity contribution is 14.1. The van der Waals surface area contributed by atoms with Crippen LogP contribution in [0.25, 0.3) is 44.9 Å². The van der Waals surface area contributed by atoms with Crippen LogP contribution in [0, 0.1) is 0 Å². The fourth-order valence-corrected chi connectivity index (χ4v) is 12.9. The molecule has 0 atom stereocenters. The summed E-state index contributed by atoms with van der Waals surface area (Å²) in [6.07, 6.45) is 38.5. The summed E-state index contributed by atoms with van der Waals surface area (Å²) < 4.78 is 25.7. The van der Waals surface area contributed by atoms with Crippen molar-refractivity contribution in [2.75, 3.05) is 21.7 Å². The topological polar surface area (TPSA) is 459 Å². The lowest BCUT2D eigenvalue weighted by molar-refractivity contribution is 0.0457. The Balaban J connectivity index is 0.000000153. The van der Waals surface area contributed by atoms with Crippen LogP contribution in [0.1, 0.15) is 214 Å². The predicted octanol–water partition coefficient (Wildman–Crippen LogP) is 11.8. The van der Waals surface area contributed by atoms with E-state index in [0.717, 1.165) is 144 Å². The summed E-state index contributed by atoms with van der Waals surface area (Å²) in [5, 5.41) is 19.0. The molecule has 8 fully saturated rings. The Morgan fingerprint density at radius 3 is 1.28 bits per heavy atom. The number of carbonyl (C=O) groups is 2. The molecule has 0 bridgehead atoms. The number of aromatic nitrogens is 18. The number of carbonyl (C=O) groups excluding carboxylic acids is 2. The van der Waals surface area contributed by atoms with Crippen LogP contribution >= 0.6 is 58.2 Å². The number of alkyl halides is 1. The third kappa shape index (κ3) is 26.1. The summed E-state index contributed by atoms with van der Waals surface area (Å²) in [6, 6.07) is 10.2. The lowest BCUT2D eigenvalue weighted by atomic mass is 9.91. The molecule has 10 heterocycles. The van der Waals surface area contributed by atoms with E-state index in [0.29, 0.717) is 62.6 Å². The van der Waals surface area contributed by atoms with E-state index in [-0.39, 0.29) is 95.0 Å². The third-order valence-corrected chi connectivity index (χ3v) is 19.3. The number of hydrogen-bond acceptors (Lipinski definition) is 25. The number of nitrogen functional groups attached to an aromatic ring is 2. The molecule has 0 spiro atoms. The van der Waals surface area contributed by atoms with Gasteiger partial charge in [0.25, 0.3) is 0 Å². The highest BCUT2D eigenvalue weighted by Gasteiger charge is 2.36. The number of aliphatic hydroxyl groups excluding tert-OH is 1. The molecular formula is C75H105Cl3IN25O8. The molecule has 13 N–H and O–H groups in total. The fraction of sp³-hybridized carbons (Fsp3) is 0.560. The van der Waals surface area contributed by atoms with Crippen molar-refractivity contribution in [1.29, 1.82) is 0 Å². The number of anilines is 3. The maximum Gasteiger partial charge on any atom is 0.407 e. The summed E-state index contributed by atoms with van der Waals surface area (Å²) in [4.78, 5) is 113. The van der Waals surface area contributed by atoms with Crippen LogP contribution in [0.3, 0.4) is 0 Å². The molecule has 606 valence electrons. The summed E-state index contributed by atoms with van der Waals surface area (Å²) in [5.74, 6) is 1.48. The first-order valence-corrected chi connectivity index (χ1v) is 40.2. The molecule has 10 aromatic heterocycles. The zero-order valence-electron chi connectivity index (χ0n) is 65.0. The summed E-state index contributed by atoms with van der Waals surface area (Å²) >= 11 is 13.0. The molecule has 8 saturated carbocycles.